The van der Waals surface area contributed by atoms with Gasteiger partial charge in [-0.2, -0.15) is 5.10 Å². The van der Waals surface area contributed by atoms with E-state index >= 15 is 0 Å². The Kier molecular flexibility index (Phi) is 1.24. The van der Waals surface area contributed by atoms with Gasteiger partial charge >= 0.3 is 0 Å². The lowest BCUT2D eigenvalue weighted by Gasteiger charge is -2.04. The molecule has 0 aromatic carbocycles. The molecule has 0 fully saturated rings. The Hall–Kier alpha value is -1.25. The molecule has 3 nitrogen and oxygen atoms in total. The molecule has 0 amide bonds. The second kappa shape index (κ2) is 2.12. The van der Waals surface area contributed by atoms with E-state index in [2.05, 4.69) is 23.9 Å². The summed E-state index contributed by atoms with van der Waals surface area (Å²) in [5, 5.41) is 5.42. The molecule has 0 spiro atoms. The molecule has 0 aliphatic rings. The van der Waals surface area contributed by atoms with E-state index < -0.39 is 0 Å². The fourth-order valence-corrected chi connectivity index (χ4v) is 1.25. The zero-order chi connectivity index (χ0) is 7.84. The van der Waals surface area contributed by atoms with Crippen LogP contribution in [0.25, 0.3) is 11.0 Å². The van der Waals surface area contributed by atoms with Crippen LogP contribution in [0.5, 0.6) is 0 Å². The monoisotopic (exact) mass is 149 g/mol. The summed E-state index contributed by atoms with van der Waals surface area (Å²) in [7, 11) is 0. The maximum Gasteiger partial charge on any atom is 0.135 e. The topological polar surface area (TPSA) is 33.6 Å². The molecular formula is C8H11N3. The van der Waals surface area contributed by atoms with Crippen LogP contribution < -0.4 is 0 Å². The van der Waals surface area contributed by atoms with Crippen molar-refractivity contribution in [1.82, 2.24) is 14.8 Å². The van der Waals surface area contributed by atoms with Gasteiger partial charge in [0.05, 0.1) is 6.20 Å². The van der Waals surface area contributed by atoms with Crippen LogP contribution in [-0.4, -0.2) is 14.8 Å². The van der Waals surface area contributed by atoms with Crippen molar-refractivity contribution in [2.24, 2.45) is 0 Å². The Bertz CT molecular complexity index is 356. The molecule has 2 aromatic heterocycles. The van der Waals surface area contributed by atoms with E-state index in [9.17, 15) is 0 Å². The number of aromatic nitrogens is 3. The van der Waals surface area contributed by atoms with Crippen LogP contribution in [0.4, 0.5) is 0 Å². The maximum absolute atomic E-state index is 4.24. The van der Waals surface area contributed by atoms with Gasteiger partial charge in [0.25, 0.3) is 0 Å². The lowest BCUT2D eigenvalue weighted by Crippen LogP contribution is -2.02. The summed E-state index contributed by atoms with van der Waals surface area (Å²) >= 11 is 0. The number of nitrogens with one attached hydrogen (secondary N) is 1. The third-order valence-electron chi connectivity index (χ3n) is 1.80. The normalized spacial score (nSPS) is 11.5. The molecule has 11 heavy (non-hydrogen) atoms. The molecule has 0 saturated heterocycles. The molecule has 0 aliphatic carbocycles. The van der Waals surface area contributed by atoms with Crippen LogP contribution in [0.15, 0.2) is 18.5 Å². The molecule has 0 radical (unpaired) electrons. The summed E-state index contributed by atoms with van der Waals surface area (Å²) in [6.45, 7) is 4.24. The minimum Gasteiger partial charge on any atom is -0.346 e. The summed E-state index contributed by atoms with van der Waals surface area (Å²) in [4.78, 5) is 3.15. The van der Waals surface area contributed by atoms with Crippen molar-refractivity contribution in [3.8, 4) is 0 Å². The largest absolute Gasteiger partial charge is 0.346 e. The van der Waals surface area contributed by atoms with Crippen LogP contribution in [0.3, 0.4) is 0 Å². The van der Waals surface area contributed by atoms with Gasteiger partial charge in [-0.05, 0) is 19.9 Å². The third-order valence-corrected chi connectivity index (χ3v) is 1.80. The van der Waals surface area contributed by atoms with E-state index in [1.165, 1.54) is 5.39 Å². The number of H-pyrrole nitrogens is 1. The highest BCUT2D eigenvalue weighted by Crippen LogP contribution is 2.14. The lowest BCUT2D eigenvalue weighted by atomic mass is 10.4. The number of fused-ring (bicyclic) bond motifs is 1. The molecule has 0 atom stereocenters. The Balaban J connectivity index is 2.68. The van der Waals surface area contributed by atoms with Gasteiger partial charge in [-0.3, -0.25) is 0 Å². The number of hydrogen-bond donors (Lipinski definition) is 1. The Labute approximate surface area is 65.0 Å². The van der Waals surface area contributed by atoms with Crippen molar-refractivity contribution in [3.63, 3.8) is 0 Å². The van der Waals surface area contributed by atoms with Gasteiger partial charge in [-0.1, -0.05) is 0 Å². The molecule has 0 bridgehead atoms. The van der Waals surface area contributed by atoms with Crippen molar-refractivity contribution >= 4 is 11.0 Å². The minimum absolute atomic E-state index is 0.422. The van der Waals surface area contributed by atoms with Gasteiger partial charge in [-0.25, -0.2) is 4.68 Å². The predicted molar refractivity (Wildman–Crippen MR) is 44.5 cm³/mol. The first-order chi connectivity index (χ1) is 5.29. The number of hydrogen-bond acceptors (Lipinski definition) is 1. The van der Waals surface area contributed by atoms with E-state index in [0.717, 1.165) is 5.65 Å². The van der Waals surface area contributed by atoms with E-state index in [-0.39, 0.29) is 0 Å². The number of nitrogens with zero attached hydrogens (tertiary/aromatic N) is 2. The summed E-state index contributed by atoms with van der Waals surface area (Å²) in [5.41, 5.74) is 1.11. The van der Waals surface area contributed by atoms with Gasteiger partial charge in [0, 0.05) is 17.6 Å². The minimum atomic E-state index is 0.422. The molecule has 1 N–H and O–H groups in total. The van der Waals surface area contributed by atoms with Crippen LogP contribution in [0, 0.1) is 0 Å². The molecule has 3 heteroatoms. The van der Waals surface area contributed by atoms with Crippen LogP contribution in [-0.2, 0) is 0 Å². The second-order valence-corrected chi connectivity index (χ2v) is 2.96. The molecular weight excluding hydrogens is 138 g/mol. The van der Waals surface area contributed by atoms with Gasteiger partial charge < -0.3 is 4.98 Å². The number of aromatic amines is 1. The predicted octanol–water partition coefficient (Wildman–Crippen LogP) is 1.95. The highest BCUT2D eigenvalue weighted by atomic mass is 15.3. The van der Waals surface area contributed by atoms with Crippen molar-refractivity contribution in [3.05, 3.63) is 18.5 Å². The van der Waals surface area contributed by atoms with Gasteiger partial charge in [-0.15, -0.1) is 0 Å². The van der Waals surface area contributed by atoms with Gasteiger partial charge in [0.15, 0.2) is 0 Å². The first-order valence-corrected chi connectivity index (χ1v) is 3.79. The van der Waals surface area contributed by atoms with Crippen molar-refractivity contribution in [1.29, 1.82) is 0 Å². The maximum atomic E-state index is 4.24. The molecule has 0 unspecified atom stereocenters. The zero-order valence-corrected chi connectivity index (χ0v) is 6.70. The van der Waals surface area contributed by atoms with Crippen molar-refractivity contribution < 1.29 is 0 Å². The first-order valence-electron chi connectivity index (χ1n) is 3.79. The highest BCUT2D eigenvalue weighted by Gasteiger charge is 2.04. The molecule has 0 saturated carbocycles. The Morgan fingerprint density at radius 2 is 2.36 bits per heavy atom. The lowest BCUT2D eigenvalue weighted by molar-refractivity contribution is 0.546. The molecule has 2 rings (SSSR count). The average molecular weight is 149 g/mol. The summed E-state index contributed by atoms with van der Waals surface area (Å²) in [6, 6.07) is 2.45. The Morgan fingerprint density at radius 3 is 3.09 bits per heavy atom. The van der Waals surface area contributed by atoms with Crippen molar-refractivity contribution in [2.75, 3.05) is 0 Å². The summed E-state index contributed by atoms with van der Waals surface area (Å²) < 4.78 is 1.98. The third kappa shape index (κ3) is 0.843. The zero-order valence-electron chi connectivity index (χ0n) is 6.70. The smallest absolute Gasteiger partial charge is 0.135 e. The van der Waals surface area contributed by atoms with E-state index in [0.29, 0.717) is 6.04 Å². The van der Waals surface area contributed by atoms with E-state index in [1.54, 1.807) is 0 Å². The fraction of sp³-hybridized carbons (Fsp3) is 0.375. The molecule has 2 aromatic rings. The number of rotatable bonds is 1. The van der Waals surface area contributed by atoms with Crippen molar-refractivity contribution in [2.45, 2.75) is 19.9 Å². The van der Waals surface area contributed by atoms with E-state index in [4.69, 9.17) is 0 Å². The SMILES string of the molecule is CC(C)n1ncc2cc[nH]c21. The quantitative estimate of drug-likeness (QED) is 0.660. The molecule has 0 aliphatic heterocycles. The fourth-order valence-electron chi connectivity index (χ4n) is 1.25. The Morgan fingerprint density at radius 1 is 1.55 bits per heavy atom. The standard InChI is InChI=1S/C8H11N3/c1-6(2)11-8-7(5-10-11)3-4-9-8/h3-6,9H,1-2H3. The first kappa shape index (κ1) is 6.46. The second-order valence-electron chi connectivity index (χ2n) is 2.96. The summed E-state index contributed by atoms with van der Waals surface area (Å²) in [6.07, 6.45) is 3.82. The van der Waals surface area contributed by atoms with Crippen LogP contribution in [0.1, 0.15) is 19.9 Å². The summed E-state index contributed by atoms with van der Waals surface area (Å²) in [5.74, 6) is 0. The van der Waals surface area contributed by atoms with Crippen LogP contribution >= 0.6 is 0 Å². The van der Waals surface area contributed by atoms with E-state index in [1.807, 2.05) is 23.1 Å². The van der Waals surface area contributed by atoms with Gasteiger partial charge in [0.2, 0.25) is 0 Å². The van der Waals surface area contributed by atoms with Crippen LogP contribution in [0.2, 0.25) is 0 Å². The highest BCUT2D eigenvalue weighted by molar-refractivity contribution is 5.75. The average Bonchev–Trinajstić information content (AvgIpc) is 2.41. The van der Waals surface area contributed by atoms with Gasteiger partial charge in [0.1, 0.15) is 5.65 Å². The molecule has 58 valence electrons. The molecule has 2 heterocycles.